The third kappa shape index (κ3) is 3.54. The topological polar surface area (TPSA) is 98.5 Å². The fourth-order valence-corrected chi connectivity index (χ4v) is 2.84. The monoisotopic (exact) mass is 344 g/mol. The minimum atomic E-state index is -4.35. The Hall–Kier alpha value is -2.75. The van der Waals surface area contributed by atoms with E-state index in [4.69, 9.17) is 4.74 Å². The first kappa shape index (κ1) is 16.6. The molecule has 0 aliphatic rings. The molecule has 0 aromatic heterocycles. The van der Waals surface area contributed by atoms with Crippen LogP contribution in [0.4, 0.5) is 20.2 Å². The van der Waals surface area contributed by atoms with E-state index in [2.05, 4.69) is 0 Å². The Morgan fingerprint density at radius 2 is 1.87 bits per heavy atom. The fourth-order valence-electron chi connectivity index (χ4n) is 1.76. The van der Waals surface area contributed by atoms with E-state index in [1.165, 1.54) is 7.11 Å². The number of nitrogens with zero attached hydrogens (tertiary/aromatic N) is 1. The number of hydrogen-bond donors (Lipinski definition) is 1. The standard InChI is InChI=1S/C13H10F2N2O5S/c1-22-13-5-3-9(7-12(13)17(18)19)23(20,21)16-11-6-8(14)2-4-10(11)15/h2-7,16H,1H3. The Morgan fingerprint density at radius 1 is 1.17 bits per heavy atom. The van der Waals surface area contributed by atoms with Crippen LogP contribution in [0.25, 0.3) is 0 Å². The van der Waals surface area contributed by atoms with Gasteiger partial charge in [-0.1, -0.05) is 0 Å². The number of nitrogens with one attached hydrogen (secondary N) is 1. The summed E-state index contributed by atoms with van der Waals surface area (Å²) in [5.74, 6) is -1.96. The second-order valence-electron chi connectivity index (χ2n) is 4.32. The Bertz CT molecular complexity index is 871. The lowest BCUT2D eigenvalue weighted by Crippen LogP contribution is -2.14. The van der Waals surface area contributed by atoms with Crippen LogP contribution in [-0.4, -0.2) is 20.5 Å². The van der Waals surface area contributed by atoms with Gasteiger partial charge in [0.15, 0.2) is 5.75 Å². The van der Waals surface area contributed by atoms with E-state index in [0.717, 1.165) is 30.3 Å². The molecular weight excluding hydrogens is 334 g/mol. The number of nitro groups is 1. The van der Waals surface area contributed by atoms with Crippen LogP contribution >= 0.6 is 0 Å². The third-order valence-corrected chi connectivity index (χ3v) is 4.19. The molecule has 0 unspecified atom stereocenters. The maximum Gasteiger partial charge on any atom is 0.312 e. The van der Waals surface area contributed by atoms with Crippen molar-refractivity contribution in [1.82, 2.24) is 0 Å². The van der Waals surface area contributed by atoms with Gasteiger partial charge in [0.1, 0.15) is 11.6 Å². The molecule has 122 valence electrons. The predicted molar refractivity (Wildman–Crippen MR) is 76.8 cm³/mol. The zero-order chi connectivity index (χ0) is 17.2. The van der Waals surface area contributed by atoms with Gasteiger partial charge >= 0.3 is 5.69 Å². The highest BCUT2D eigenvalue weighted by Crippen LogP contribution is 2.30. The first-order valence-corrected chi connectivity index (χ1v) is 7.53. The molecule has 0 saturated heterocycles. The van der Waals surface area contributed by atoms with Gasteiger partial charge in [-0.15, -0.1) is 0 Å². The van der Waals surface area contributed by atoms with E-state index in [0.29, 0.717) is 6.07 Å². The molecule has 1 N–H and O–H groups in total. The van der Waals surface area contributed by atoms with Crippen molar-refractivity contribution in [3.8, 4) is 5.75 Å². The molecule has 0 fully saturated rings. The van der Waals surface area contributed by atoms with E-state index >= 15 is 0 Å². The molecule has 10 heteroatoms. The van der Waals surface area contributed by atoms with Crippen LogP contribution in [-0.2, 0) is 10.0 Å². The van der Waals surface area contributed by atoms with Gasteiger partial charge in [-0.25, -0.2) is 17.2 Å². The van der Waals surface area contributed by atoms with Crippen molar-refractivity contribution in [2.75, 3.05) is 11.8 Å². The normalized spacial score (nSPS) is 11.1. The van der Waals surface area contributed by atoms with Gasteiger partial charge in [0.25, 0.3) is 10.0 Å². The SMILES string of the molecule is COc1ccc(S(=O)(=O)Nc2cc(F)ccc2F)cc1[N+](=O)[O-]. The van der Waals surface area contributed by atoms with Crippen molar-refractivity contribution < 1.29 is 26.9 Å². The van der Waals surface area contributed by atoms with Crippen LogP contribution in [0.5, 0.6) is 5.75 Å². The Morgan fingerprint density at radius 3 is 2.48 bits per heavy atom. The molecule has 0 atom stereocenters. The second kappa shape index (κ2) is 6.16. The van der Waals surface area contributed by atoms with Gasteiger partial charge in [-0.3, -0.25) is 14.8 Å². The van der Waals surface area contributed by atoms with Crippen molar-refractivity contribution in [3.63, 3.8) is 0 Å². The maximum atomic E-state index is 13.5. The van der Waals surface area contributed by atoms with Crippen molar-refractivity contribution in [2.45, 2.75) is 4.90 Å². The van der Waals surface area contributed by atoms with Gasteiger partial charge in [0, 0.05) is 12.1 Å². The van der Waals surface area contributed by atoms with Crippen molar-refractivity contribution in [1.29, 1.82) is 0 Å². The molecule has 7 nitrogen and oxygen atoms in total. The zero-order valence-corrected chi connectivity index (χ0v) is 12.4. The Labute approximate surface area is 129 Å². The first-order chi connectivity index (χ1) is 10.7. The molecule has 0 aliphatic heterocycles. The summed E-state index contributed by atoms with van der Waals surface area (Å²) in [6, 6.07) is 5.14. The average molecular weight is 344 g/mol. The van der Waals surface area contributed by atoms with Gasteiger partial charge in [-0.2, -0.15) is 0 Å². The van der Waals surface area contributed by atoms with Gasteiger partial charge < -0.3 is 4.74 Å². The lowest BCUT2D eigenvalue weighted by Gasteiger charge is -2.10. The highest BCUT2D eigenvalue weighted by Gasteiger charge is 2.23. The van der Waals surface area contributed by atoms with Gasteiger partial charge in [0.2, 0.25) is 0 Å². The second-order valence-corrected chi connectivity index (χ2v) is 6.00. The molecule has 0 bridgehead atoms. The van der Waals surface area contributed by atoms with Crippen LogP contribution in [0.15, 0.2) is 41.3 Å². The summed E-state index contributed by atoms with van der Waals surface area (Å²) in [5.41, 5.74) is -1.18. The summed E-state index contributed by atoms with van der Waals surface area (Å²) in [5, 5.41) is 10.9. The lowest BCUT2D eigenvalue weighted by atomic mass is 10.3. The summed E-state index contributed by atoms with van der Waals surface area (Å²) >= 11 is 0. The smallest absolute Gasteiger partial charge is 0.312 e. The number of hydrogen-bond acceptors (Lipinski definition) is 5. The molecular formula is C13H10F2N2O5S. The third-order valence-electron chi connectivity index (χ3n) is 2.83. The molecule has 0 amide bonds. The number of methoxy groups -OCH3 is 1. The predicted octanol–water partition coefficient (Wildman–Crippen LogP) is 2.68. The zero-order valence-electron chi connectivity index (χ0n) is 11.6. The Kier molecular flexibility index (Phi) is 4.45. The van der Waals surface area contributed by atoms with E-state index < -0.39 is 42.9 Å². The molecule has 0 radical (unpaired) electrons. The molecule has 2 rings (SSSR count). The molecule has 0 spiro atoms. The molecule has 2 aromatic rings. The van der Waals surface area contributed by atoms with Crippen LogP contribution in [0.1, 0.15) is 0 Å². The van der Waals surface area contributed by atoms with Crippen LogP contribution in [0.2, 0.25) is 0 Å². The number of halogens is 2. The maximum absolute atomic E-state index is 13.5. The molecule has 23 heavy (non-hydrogen) atoms. The van der Waals surface area contributed by atoms with Crippen molar-refractivity contribution in [2.24, 2.45) is 0 Å². The summed E-state index contributed by atoms with van der Waals surface area (Å²) in [6.45, 7) is 0. The van der Waals surface area contributed by atoms with Crippen LogP contribution < -0.4 is 9.46 Å². The summed E-state index contributed by atoms with van der Waals surface area (Å²) in [4.78, 5) is 9.61. The van der Waals surface area contributed by atoms with Crippen molar-refractivity contribution >= 4 is 21.4 Å². The molecule has 2 aromatic carbocycles. The van der Waals surface area contributed by atoms with Gasteiger partial charge in [0.05, 0.1) is 22.6 Å². The number of benzene rings is 2. The average Bonchev–Trinajstić information content (AvgIpc) is 2.50. The fraction of sp³-hybridized carbons (Fsp3) is 0.0769. The highest BCUT2D eigenvalue weighted by atomic mass is 32.2. The largest absolute Gasteiger partial charge is 0.490 e. The summed E-state index contributed by atoms with van der Waals surface area (Å²) in [7, 11) is -3.16. The number of sulfonamides is 1. The minimum Gasteiger partial charge on any atom is -0.490 e. The summed E-state index contributed by atoms with van der Waals surface area (Å²) in [6.07, 6.45) is 0. The Balaban J connectivity index is 2.46. The lowest BCUT2D eigenvalue weighted by molar-refractivity contribution is -0.386. The number of rotatable bonds is 5. The van der Waals surface area contributed by atoms with E-state index in [1.54, 1.807) is 0 Å². The number of ether oxygens (including phenoxy) is 1. The van der Waals surface area contributed by atoms with E-state index in [-0.39, 0.29) is 5.75 Å². The van der Waals surface area contributed by atoms with E-state index in [9.17, 15) is 27.3 Å². The van der Waals surface area contributed by atoms with E-state index in [1.807, 2.05) is 4.72 Å². The number of anilines is 1. The van der Waals surface area contributed by atoms with Crippen LogP contribution in [0, 0.1) is 21.7 Å². The minimum absolute atomic E-state index is 0.133. The quantitative estimate of drug-likeness (QED) is 0.664. The van der Waals surface area contributed by atoms with Crippen molar-refractivity contribution in [3.05, 3.63) is 58.1 Å². The first-order valence-electron chi connectivity index (χ1n) is 6.05. The highest BCUT2D eigenvalue weighted by molar-refractivity contribution is 7.92. The number of nitro benzene ring substituents is 1. The molecule has 0 aliphatic carbocycles. The molecule has 0 heterocycles. The van der Waals surface area contributed by atoms with Crippen LogP contribution in [0.3, 0.4) is 0 Å². The van der Waals surface area contributed by atoms with Gasteiger partial charge in [-0.05, 0) is 24.3 Å². The summed E-state index contributed by atoms with van der Waals surface area (Å²) < 4.78 is 57.6. The molecule has 0 saturated carbocycles.